The zero-order chi connectivity index (χ0) is 35.2. The Morgan fingerprint density at radius 1 is 0.796 bits per heavy atom. The third-order valence-electron chi connectivity index (χ3n) is 15.7. The fourth-order valence-corrected chi connectivity index (χ4v) is 17.6. The van der Waals surface area contributed by atoms with Gasteiger partial charge in [-0.15, -0.1) is 0 Å². The van der Waals surface area contributed by atoms with Crippen molar-refractivity contribution in [3.63, 3.8) is 0 Å². The quantitative estimate of drug-likeness (QED) is 0.232. The predicted octanol–water partition coefficient (Wildman–Crippen LogP) is 9.63. The van der Waals surface area contributed by atoms with Gasteiger partial charge in [0.15, 0.2) is 0 Å². The van der Waals surface area contributed by atoms with Crippen LogP contribution in [0, 0.1) is 58.2 Å². The molecule has 49 heavy (non-hydrogen) atoms. The van der Waals surface area contributed by atoms with Crippen molar-refractivity contribution >= 4 is 18.7 Å². The van der Waals surface area contributed by atoms with Gasteiger partial charge in [-0.2, -0.15) is 0 Å². The number of aliphatic hydroxyl groups is 2. The van der Waals surface area contributed by atoms with Crippen LogP contribution in [0.4, 0.5) is 0 Å². The van der Waals surface area contributed by atoms with Crippen LogP contribution in [0.25, 0.3) is 0 Å². The van der Waals surface area contributed by atoms with Crippen LogP contribution >= 0.6 is 0 Å². The number of aliphatic hydroxyl groups excluding tert-OH is 2. The third kappa shape index (κ3) is 6.68. The van der Waals surface area contributed by atoms with Gasteiger partial charge in [-0.1, -0.05) is 116 Å². The zero-order valence-electron chi connectivity index (χ0n) is 32.3. The maximum Gasteiger partial charge on any atom is 0.261 e. The SMILES string of the molecule is CC(C)[C@H](CCO)C[C@@H](O)[C@@H](C)[C@H]1CC[C@H]2[C@@H]3CC[C@H]4C[C@@H](O[Si](c5ccccc5)(c5ccccc5)C(C)(C)C)CC[C@]4(C)[C@H]3CC[C@]12C. The van der Waals surface area contributed by atoms with E-state index in [1.165, 1.54) is 68.2 Å². The molecule has 2 N–H and O–H groups in total. The summed E-state index contributed by atoms with van der Waals surface area (Å²) < 4.78 is 7.75. The summed E-state index contributed by atoms with van der Waals surface area (Å²) in [6.45, 7) is 19.7. The highest BCUT2D eigenvalue weighted by atomic mass is 28.4. The summed E-state index contributed by atoms with van der Waals surface area (Å²) in [4.78, 5) is 0. The van der Waals surface area contributed by atoms with Crippen LogP contribution in [0.2, 0.25) is 5.04 Å². The van der Waals surface area contributed by atoms with E-state index >= 15 is 0 Å². The van der Waals surface area contributed by atoms with Crippen LogP contribution in [-0.2, 0) is 4.43 Å². The lowest BCUT2D eigenvalue weighted by Crippen LogP contribution is -2.68. The van der Waals surface area contributed by atoms with Crippen molar-refractivity contribution in [1.82, 2.24) is 0 Å². The fourth-order valence-electron chi connectivity index (χ4n) is 12.9. The molecular weight excluding hydrogens is 617 g/mol. The monoisotopic (exact) mass is 687 g/mol. The Morgan fingerprint density at radius 3 is 1.96 bits per heavy atom. The Balaban J connectivity index is 1.18. The Kier molecular flexibility index (Phi) is 11.0. The normalized spacial score (nSPS) is 35.2. The van der Waals surface area contributed by atoms with Gasteiger partial charge in [-0.25, -0.2) is 0 Å². The first-order valence-corrected chi connectivity index (χ1v) is 22.2. The molecule has 0 saturated heterocycles. The van der Waals surface area contributed by atoms with Crippen LogP contribution in [0.15, 0.2) is 60.7 Å². The average molecular weight is 687 g/mol. The summed E-state index contributed by atoms with van der Waals surface area (Å²) in [7, 11) is -2.56. The van der Waals surface area contributed by atoms with Crippen molar-refractivity contribution in [1.29, 1.82) is 0 Å². The lowest BCUT2D eigenvalue weighted by molar-refractivity contribution is -0.130. The molecule has 4 fully saturated rings. The lowest BCUT2D eigenvalue weighted by atomic mass is 9.44. The van der Waals surface area contributed by atoms with Gasteiger partial charge < -0.3 is 14.6 Å². The minimum Gasteiger partial charge on any atom is -0.404 e. The first-order chi connectivity index (χ1) is 23.3. The molecule has 0 aliphatic heterocycles. The number of benzene rings is 2. The van der Waals surface area contributed by atoms with E-state index in [0.717, 1.165) is 36.5 Å². The summed E-state index contributed by atoms with van der Waals surface area (Å²) in [5.74, 6) is 5.03. The highest BCUT2D eigenvalue weighted by molar-refractivity contribution is 6.99. The second kappa shape index (κ2) is 14.5. The fraction of sp³-hybridized carbons (Fsp3) is 0.733. The van der Waals surface area contributed by atoms with Crippen molar-refractivity contribution in [3.8, 4) is 0 Å². The van der Waals surface area contributed by atoms with Crippen LogP contribution in [0.5, 0.6) is 0 Å². The molecule has 0 bridgehead atoms. The molecule has 0 radical (unpaired) electrons. The molecule has 11 atom stereocenters. The Bertz CT molecular complexity index is 1310. The smallest absolute Gasteiger partial charge is 0.261 e. The van der Waals surface area contributed by atoms with Crippen molar-refractivity contribution in [2.24, 2.45) is 58.2 Å². The average Bonchev–Trinajstić information content (AvgIpc) is 3.44. The van der Waals surface area contributed by atoms with Gasteiger partial charge in [0.05, 0.1) is 6.10 Å². The third-order valence-corrected chi connectivity index (χ3v) is 20.8. The highest BCUT2D eigenvalue weighted by Crippen LogP contribution is 2.68. The molecule has 4 aliphatic rings. The molecule has 0 spiro atoms. The molecule has 2 aromatic rings. The standard InChI is InChI=1S/C45H70O3Si/c1-31(2)33(25-28-46)29-42(47)32(3)39-21-22-40-38-20-19-34-30-35(23-26-44(34,7)41(38)24-27-45(39,40)8)48-49(43(4,5)6,36-15-11-9-12-16-36)37-17-13-10-14-18-37/h9-18,31-35,38-42,46-47H,19-30H2,1-8H3/t32-,33+,34-,35-,38-,39+,40-,41-,42+,44-,45+/m0/s1. The van der Waals surface area contributed by atoms with Crippen LogP contribution in [0.3, 0.4) is 0 Å². The molecule has 4 aliphatic carbocycles. The summed E-state index contributed by atoms with van der Waals surface area (Å²) in [6.07, 6.45) is 13.4. The van der Waals surface area contributed by atoms with E-state index in [1.807, 2.05) is 0 Å². The number of rotatable bonds is 11. The molecule has 4 saturated carbocycles. The van der Waals surface area contributed by atoms with Crippen LogP contribution in [-0.4, -0.2) is 37.3 Å². The highest BCUT2D eigenvalue weighted by Gasteiger charge is 2.62. The van der Waals surface area contributed by atoms with Crippen LogP contribution in [0.1, 0.15) is 126 Å². The van der Waals surface area contributed by atoms with E-state index in [9.17, 15) is 10.2 Å². The zero-order valence-corrected chi connectivity index (χ0v) is 33.3. The summed E-state index contributed by atoms with van der Waals surface area (Å²) in [6, 6.07) is 22.5. The Hall–Kier alpha value is -1.46. The molecule has 4 heteroatoms. The van der Waals surface area contributed by atoms with E-state index in [1.54, 1.807) is 0 Å². The van der Waals surface area contributed by atoms with Crippen molar-refractivity contribution < 1.29 is 14.6 Å². The number of hydrogen-bond donors (Lipinski definition) is 2. The molecule has 0 unspecified atom stereocenters. The summed E-state index contributed by atoms with van der Waals surface area (Å²) >= 11 is 0. The van der Waals surface area contributed by atoms with E-state index in [0.29, 0.717) is 40.6 Å². The van der Waals surface area contributed by atoms with Crippen LogP contribution < -0.4 is 10.4 Å². The maximum atomic E-state index is 11.6. The number of fused-ring (bicyclic) bond motifs is 5. The predicted molar refractivity (Wildman–Crippen MR) is 208 cm³/mol. The van der Waals surface area contributed by atoms with Gasteiger partial charge in [0.1, 0.15) is 0 Å². The Labute approximate surface area is 301 Å². The molecule has 0 aromatic heterocycles. The molecule has 272 valence electrons. The van der Waals surface area contributed by atoms with Gasteiger partial charge in [0, 0.05) is 12.7 Å². The first kappa shape index (κ1) is 37.3. The van der Waals surface area contributed by atoms with Gasteiger partial charge in [-0.3, -0.25) is 0 Å². The topological polar surface area (TPSA) is 49.7 Å². The molecule has 6 rings (SSSR count). The second-order valence-electron chi connectivity index (χ2n) is 19.2. The van der Waals surface area contributed by atoms with Gasteiger partial charge in [0.25, 0.3) is 8.32 Å². The second-order valence-corrected chi connectivity index (χ2v) is 23.5. The summed E-state index contributed by atoms with van der Waals surface area (Å²) in [5.41, 5.74) is 0.756. The van der Waals surface area contributed by atoms with Crippen molar-refractivity contribution in [3.05, 3.63) is 60.7 Å². The molecular formula is C45H70O3Si. The first-order valence-electron chi connectivity index (χ1n) is 20.3. The maximum absolute atomic E-state index is 11.6. The van der Waals surface area contributed by atoms with Gasteiger partial charge in [0.2, 0.25) is 0 Å². The Morgan fingerprint density at radius 2 is 1.39 bits per heavy atom. The minimum atomic E-state index is -2.56. The molecule has 3 nitrogen and oxygen atoms in total. The lowest BCUT2D eigenvalue weighted by Gasteiger charge is -2.62. The number of hydrogen-bond acceptors (Lipinski definition) is 3. The van der Waals surface area contributed by atoms with Crippen molar-refractivity contribution in [2.45, 2.75) is 143 Å². The van der Waals surface area contributed by atoms with E-state index in [4.69, 9.17) is 4.43 Å². The molecule has 0 amide bonds. The minimum absolute atomic E-state index is 0.0141. The van der Waals surface area contributed by atoms with Crippen molar-refractivity contribution in [2.75, 3.05) is 6.61 Å². The molecule has 2 aromatic carbocycles. The largest absolute Gasteiger partial charge is 0.404 e. The van der Waals surface area contributed by atoms with Gasteiger partial charge >= 0.3 is 0 Å². The summed E-state index contributed by atoms with van der Waals surface area (Å²) in [5, 5.41) is 24.0. The van der Waals surface area contributed by atoms with E-state index < -0.39 is 8.32 Å². The van der Waals surface area contributed by atoms with E-state index in [2.05, 4.69) is 116 Å². The van der Waals surface area contributed by atoms with E-state index in [-0.39, 0.29) is 17.7 Å². The van der Waals surface area contributed by atoms with Gasteiger partial charge in [-0.05, 0) is 144 Å². The molecule has 0 heterocycles.